The zero-order chi connectivity index (χ0) is 18.0. The lowest BCUT2D eigenvalue weighted by Gasteiger charge is -2.20. The molecule has 3 rings (SSSR count). The van der Waals surface area contributed by atoms with Crippen LogP contribution in [0.3, 0.4) is 0 Å². The van der Waals surface area contributed by atoms with Gasteiger partial charge < -0.3 is 10.4 Å². The molecular formula is C17H20FN3O3S. The Labute approximate surface area is 146 Å². The smallest absolute Gasteiger partial charge is 0.265 e. The second-order valence-electron chi connectivity index (χ2n) is 5.85. The molecule has 1 aromatic heterocycles. The second-order valence-corrected chi connectivity index (χ2v) is 7.72. The minimum atomic E-state index is -3.87. The van der Waals surface area contributed by atoms with Gasteiger partial charge in [-0.15, -0.1) is 0 Å². The van der Waals surface area contributed by atoms with Crippen LogP contribution in [0.15, 0.2) is 47.5 Å². The summed E-state index contributed by atoms with van der Waals surface area (Å²) in [6.07, 6.45) is 2.45. The number of aromatic nitrogens is 1. The minimum Gasteiger partial charge on any atom is -0.378 e. The summed E-state index contributed by atoms with van der Waals surface area (Å²) < 4.78 is 41.5. The lowest BCUT2D eigenvalue weighted by Crippen LogP contribution is -2.36. The van der Waals surface area contributed by atoms with Crippen LogP contribution in [0.5, 0.6) is 0 Å². The van der Waals surface area contributed by atoms with E-state index < -0.39 is 22.1 Å². The normalized spacial score (nSPS) is 18.2. The van der Waals surface area contributed by atoms with Gasteiger partial charge in [-0.1, -0.05) is 18.2 Å². The van der Waals surface area contributed by atoms with Gasteiger partial charge in [0.05, 0.1) is 10.6 Å². The molecule has 8 heteroatoms. The maximum atomic E-state index is 14.2. The molecule has 0 spiro atoms. The van der Waals surface area contributed by atoms with Gasteiger partial charge in [-0.25, -0.2) is 16.8 Å². The number of rotatable bonds is 5. The third-order valence-electron chi connectivity index (χ3n) is 4.04. The first-order valence-electron chi connectivity index (χ1n) is 7.90. The van der Waals surface area contributed by atoms with Gasteiger partial charge in [0.15, 0.2) is 0 Å². The Morgan fingerprint density at radius 3 is 2.80 bits per heavy atom. The molecule has 0 fully saturated rings. The lowest BCUT2D eigenvalue weighted by atomic mass is 10.1. The fourth-order valence-corrected chi connectivity index (χ4v) is 4.31. The van der Waals surface area contributed by atoms with Gasteiger partial charge in [0, 0.05) is 31.3 Å². The molecule has 134 valence electrons. The maximum Gasteiger partial charge on any atom is 0.265 e. The van der Waals surface area contributed by atoms with Crippen LogP contribution < -0.4 is 10.6 Å². The largest absolute Gasteiger partial charge is 0.378 e. The Bertz CT molecular complexity index is 906. The predicted octanol–water partition coefficient (Wildman–Crippen LogP) is 1.39. The van der Waals surface area contributed by atoms with Gasteiger partial charge in [-0.05, 0) is 30.8 Å². The molecule has 3 N–H and O–H groups in total. The van der Waals surface area contributed by atoms with Crippen molar-refractivity contribution in [3.8, 4) is 11.3 Å². The van der Waals surface area contributed by atoms with Crippen LogP contribution in [0.4, 0.5) is 4.39 Å². The molecule has 0 bridgehead atoms. The van der Waals surface area contributed by atoms with Crippen molar-refractivity contribution in [1.82, 2.24) is 14.6 Å². The summed E-state index contributed by atoms with van der Waals surface area (Å²) in [6, 6.07) is 7.74. The summed E-state index contributed by atoms with van der Waals surface area (Å²) in [5, 5.41) is 15.2. The first-order chi connectivity index (χ1) is 11.9. The number of benzene rings is 1. The van der Waals surface area contributed by atoms with E-state index in [1.54, 1.807) is 31.3 Å². The fourth-order valence-electron chi connectivity index (χ4n) is 2.80. The number of halogens is 1. The molecule has 1 atom stereocenters. The molecule has 6 nitrogen and oxygen atoms in total. The third-order valence-corrected chi connectivity index (χ3v) is 5.84. The topological polar surface area (TPSA) is 83.4 Å². The monoisotopic (exact) mass is 365 g/mol. The number of hydrogen-bond donors (Lipinski definition) is 3. The van der Waals surface area contributed by atoms with E-state index in [1.165, 1.54) is 18.3 Å². The summed E-state index contributed by atoms with van der Waals surface area (Å²) >= 11 is 0. The Balaban J connectivity index is 2.13. The molecule has 0 aliphatic carbocycles. The van der Waals surface area contributed by atoms with Gasteiger partial charge in [-0.3, -0.25) is 5.32 Å². The van der Waals surface area contributed by atoms with E-state index >= 15 is 0 Å². The molecular weight excluding hydrogens is 345 g/mol. The average Bonchev–Trinajstić information content (AvgIpc) is 3.00. The van der Waals surface area contributed by atoms with E-state index in [1.807, 2.05) is 0 Å². The van der Waals surface area contributed by atoms with Crippen LogP contribution in [0, 0.1) is 5.82 Å². The Morgan fingerprint density at radius 2 is 2.16 bits per heavy atom. The molecule has 0 amide bonds. The highest BCUT2D eigenvalue weighted by Gasteiger charge is 2.27. The summed E-state index contributed by atoms with van der Waals surface area (Å²) in [5.74, 6) is -0.487. The summed E-state index contributed by atoms with van der Waals surface area (Å²) in [7, 11) is -2.12. The van der Waals surface area contributed by atoms with Crippen LogP contribution in [0.1, 0.15) is 12.0 Å². The molecule has 0 saturated heterocycles. The highest BCUT2D eigenvalue weighted by Crippen LogP contribution is 2.29. The molecule has 1 aliphatic rings. The van der Waals surface area contributed by atoms with Gasteiger partial charge in [-0.2, -0.15) is 0 Å². The fraction of sp³-hybridized carbons (Fsp3) is 0.294. The van der Waals surface area contributed by atoms with Crippen molar-refractivity contribution in [2.75, 3.05) is 13.6 Å². The van der Waals surface area contributed by atoms with Crippen molar-refractivity contribution in [2.45, 2.75) is 19.2 Å². The SMILES string of the molecule is CNCc1cc(-c2ccccc2F)n(S(=O)(=O)C2=CCC(O)NC2)c1. The van der Waals surface area contributed by atoms with E-state index in [0.29, 0.717) is 6.54 Å². The highest BCUT2D eigenvalue weighted by molar-refractivity contribution is 7.93. The summed E-state index contributed by atoms with van der Waals surface area (Å²) in [4.78, 5) is 0.155. The minimum absolute atomic E-state index is 0.0275. The van der Waals surface area contributed by atoms with E-state index in [0.717, 1.165) is 9.54 Å². The third kappa shape index (κ3) is 3.52. The van der Waals surface area contributed by atoms with Crippen molar-refractivity contribution in [3.63, 3.8) is 0 Å². The zero-order valence-corrected chi connectivity index (χ0v) is 14.6. The van der Waals surface area contributed by atoms with Crippen molar-refractivity contribution in [2.24, 2.45) is 0 Å². The van der Waals surface area contributed by atoms with E-state index in [4.69, 9.17) is 0 Å². The molecule has 1 aromatic carbocycles. The second kappa shape index (κ2) is 7.09. The molecule has 0 radical (unpaired) electrons. The molecule has 0 saturated carbocycles. The van der Waals surface area contributed by atoms with Crippen LogP contribution in [0.2, 0.25) is 0 Å². The van der Waals surface area contributed by atoms with E-state index in [9.17, 15) is 17.9 Å². The molecule has 2 aromatic rings. The number of nitrogens with zero attached hydrogens (tertiary/aromatic N) is 1. The molecule has 2 heterocycles. The standard InChI is InChI=1S/C17H20FN3O3S/c1-19-9-12-8-16(14-4-2-3-5-15(14)18)21(11-12)25(23,24)13-6-7-17(22)20-10-13/h2-6,8,11,17,19-20,22H,7,9-10H2,1H3. The van der Waals surface area contributed by atoms with Crippen molar-refractivity contribution < 1.29 is 17.9 Å². The summed E-state index contributed by atoms with van der Waals surface area (Å²) in [6.45, 7) is 0.486. The first-order valence-corrected chi connectivity index (χ1v) is 9.34. The van der Waals surface area contributed by atoms with E-state index in [-0.39, 0.29) is 29.1 Å². The van der Waals surface area contributed by atoms with Crippen molar-refractivity contribution in [3.05, 3.63) is 58.9 Å². The molecule has 1 aliphatic heterocycles. The van der Waals surface area contributed by atoms with Gasteiger partial charge in [0.25, 0.3) is 10.0 Å². The quantitative estimate of drug-likeness (QED) is 0.746. The van der Waals surface area contributed by atoms with Gasteiger partial charge in [0.2, 0.25) is 0 Å². The Morgan fingerprint density at radius 1 is 1.40 bits per heavy atom. The molecule has 1 unspecified atom stereocenters. The van der Waals surface area contributed by atoms with Crippen molar-refractivity contribution in [1.29, 1.82) is 0 Å². The van der Waals surface area contributed by atoms with Crippen LogP contribution in [0.25, 0.3) is 11.3 Å². The lowest BCUT2D eigenvalue weighted by molar-refractivity contribution is 0.140. The van der Waals surface area contributed by atoms with Crippen LogP contribution >= 0.6 is 0 Å². The maximum absolute atomic E-state index is 14.2. The summed E-state index contributed by atoms with van der Waals surface area (Å²) in [5.41, 5.74) is 1.22. The van der Waals surface area contributed by atoms with Gasteiger partial charge >= 0.3 is 0 Å². The van der Waals surface area contributed by atoms with Crippen LogP contribution in [-0.4, -0.2) is 37.3 Å². The molecule has 25 heavy (non-hydrogen) atoms. The first kappa shape index (κ1) is 17.8. The van der Waals surface area contributed by atoms with Gasteiger partial charge in [0.1, 0.15) is 12.0 Å². The number of hydrogen-bond acceptors (Lipinski definition) is 5. The number of aliphatic hydroxyl groups excluding tert-OH is 1. The number of nitrogens with one attached hydrogen (secondary N) is 2. The Hall–Kier alpha value is -2.00. The average molecular weight is 365 g/mol. The predicted molar refractivity (Wildman–Crippen MR) is 93.6 cm³/mol. The number of aliphatic hydroxyl groups is 1. The van der Waals surface area contributed by atoms with E-state index in [2.05, 4.69) is 10.6 Å². The highest BCUT2D eigenvalue weighted by atomic mass is 32.2. The zero-order valence-electron chi connectivity index (χ0n) is 13.7. The Kier molecular flexibility index (Phi) is 5.05. The van der Waals surface area contributed by atoms with Crippen LogP contribution in [-0.2, 0) is 16.6 Å². The van der Waals surface area contributed by atoms with Crippen molar-refractivity contribution >= 4 is 10.0 Å².